The number of hydrogen-bond acceptors (Lipinski definition) is 3. The minimum atomic E-state index is -0.530. The maximum absolute atomic E-state index is 12.8. The monoisotopic (exact) mass is 366 g/mol. The average molecular weight is 367 g/mol. The Bertz CT molecular complexity index is 627. The molecule has 0 bridgehead atoms. The zero-order chi connectivity index (χ0) is 18.6. The summed E-state index contributed by atoms with van der Waals surface area (Å²) in [5.74, 6) is -0.140. The van der Waals surface area contributed by atoms with Gasteiger partial charge < -0.3 is 14.5 Å². The van der Waals surface area contributed by atoms with Gasteiger partial charge in [0.1, 0.15) is 5.60 Å². The van der Waals surface area contributed by atoms with Crippen molar-refractivity contribution in [1.82, 2.24) is 9.80 Å². The minimum absolute atomic E-state index is 0.0493. The molecule has 138 valence electrons. The molecule has 0 saturated carbocycles. The zero-order valence-electron chi connectivity index (χ0n) is 15.4. The van der Waals surface area contributed by atoms with E-state index < -0.39 is 5.60 Å². The molecule has 5 nitrogen and oxygen atoms in total. The van der Waals surface area contributed by atoms with Gasteiger partial charge in [0, 0.05) is 31.7 Å². The van der Waals surface area contributed by atoms with E-state index >= 15 is 0 Å². The SMILES string of the molecule is CN(Cc1cccc(Cl)c1)C(=O)C1CCCN(C(=O)OC(C)(C)C)C1. The van der Waals surface area contributed by atoms with Crippen LogP contribution in [0.25, 0.3) is 0 Å². The van der Waals surface area contributed by atoms with E-state index in [1.54, 1.807) is 16.8 Å². The first-order valence-electron chi connectivity index (χ1n) is 8.63. The maximum Gasteiger partial charge on any atom is 0.410 e. The van der Waals surface area contributed by atoms with Gasteiger partial charge in [-0.05, 0) is 51.3 Å². The summed E-state index contributed by atoms with van der Waals surface area (Å²) < 4.78 is 5.42. The number of carbonyl (C=O) groups is 2. The van der Waals surface area contributed by atoms with E-state index in [1.165, 1.54) is 0 Å². The van der Waals surface area contributed by atoms with Crippen LogP contribution in [0.4, 0.5) is 4.79 Å². The van der Waals surface area contributed by atoms with Crippen LogP contribution in [0.15, 0.2) is 24.3 Å². The Balaban J connectivity index is 1.95. The molecule has 1 saturated heterocycles. The molecule has 0 radical (unpaired) electrons. The lowest BCUT2D eigenvalue weighted by Gasteiger charge is -2.35. The molecule has 0 spiro atoms. The first-order valence-corrected chi connectivity index (χ1v) is 9.01. The molecule has 0 aromatic heterocycles. The van der Waals surface area contributed by atoms with Crippen LogP contribution in [-0.2, 0) is 16.1 Å². The second kappa shape index (κ2) is 8.09. The Morgan fingerprint density at radius 2 is 2.08 bits per heavy atom. The third kappa shape index (κ3) is 5.92. The lowest BCUT2D eigenvalue weighted by molar-refractivity contribution is -0.136. The van der Waals surface area contributed by atoms with Gasteiger partial charge >= 0.3 is 6.09 Å². The van der Waals surface area contributed by atoms with Gasteiger partial charge in [-0.15, -0.1) is 0 Å². The quantitative estimate of drug-likeness (QED) is 0.813. The zero-order valence-corrected chi connectivity index (χ0v) is 16.2. The van der Waals surface area contributed by atoms with Gasteiger partial charge in [0.25, 0.3) is 0 Å². The van der Waals surface area contributed by atoms with Gasteiger partial charge in [-0.3, -0.25) is 4.79 Å². The van der Waals surface area contributed by atoms with Crippen LogP contribution in [0.1, 0.15) is 39.2 Å². The Morgan fingerprint density at radius 3 is 2.72 bits per heavy atom. The van der Waals surface area contributed by atoms with E-state index in [9.17, 15) is 9.59 Å². The predicted octanol–water partition coefficient (Wildman–Crippen LogP) is 3.95. The predicted molar refractivity (Wildman–Crippen MR) is 98.5 cm³/mol. The molecular weight excluding hydrogens is 340 g/mol. The third-order valence-electron chi connectivity index (χ3n) is 4.11. The molecule has 2 amide bonds. The van der Waals surface area contributed by atoms with Gasteiger partial charge in [0.2, 0.25) is 5.91 Å². The number of hydrogen-bond donors (Lipinski definition) is 0. The Morgan fingerprint density at radius 1 is 1.36 bits per heavy atom. The number of amides is 2. The molecule has 1 aliphatic heterocycles. The van der Waals surface area contributed by atoms with Crippen LogP contribution in [0.2, 0.25) is 5.02 Å². The maximum atomic E-state index is 12.8. The van der Waals surface area contributed by atoms with E-state index in [-0.39, 0.29) is 17.9 Å². The van der Waals surface area contributed by atoms with Crippen molar-refractivity contribution >= 4 is 23.6 Å². The highest BCUT2D eigenvalue weighted by Crippen LogP contribution is 2.22. The third-order valence-corrected chi connectivity index (χ3v) is 4.34. The average Bonchev–Trinajstić information content (AvgIpc) is 2.52. The van der Waals surface area contributed by atoms with Gasteiger partial charge in [-0.2, -0.15) is 0 Å². The van der Waals surface area contributed by atoms with Crippen molar-refractivity contribution in [3.63, 3.8) is 0 Å². The van der Waals surface area contributed by atoms with Crippen LogP contribution in [0, 0.1) is 5.92 Å². The van der Waals surface area contributed by atoms with Crippen molar-refractivity contribution in [1.29, 1.82) is 0 Å². The fourth-order valence-electron chi connectivity index (χ4n) is 2.97. The summed E-state index contributed by atoms with van der Waals surface area (Å²) in [5, 5.41) is 0.659. The highest BCUT2D eigenvalue weighted by molar-refractivity contribution is 6.30. The van der Waals surface area contributed by atoms with E-state index in [0.717, 1.165) is 18.4 Å². The summed E-state index contributed by atoms with van der Waals surface area (Å²) >= 11 is 6.00. The lowest BCUT2D eigenvalue weighted by atomic mass is 9.96. The smallest absolute Gasteiger partial charge is 0.410 e. The summed E-state index contributed by atoms with van der Waals surface area (Å²) in [6.07, 6.45) is 1.25. The summed E-state index contributed by atoms with van der Waals surface area (Å²) in [4.78, 5) is 28.3. The molecule has 25 heavy (non-hydrogen) atoms. The lowest BCUT2D eigenvalue weighted by Crippen LogP contribution is -2.47. The molecule has 1 aromatic rings. The number of ether oxygens (including phenoxy) is 1. The highest BCUT2D eigenvalue weighted by atomic mass is 35.5. The number of rotatable bonds is 3. The molecule has 1 heterocycles. The molecule has 1 unspecified atom stereocenters. The van der Waals surface area contributed by atoms with Crippen molar-refractivity contribution in [2.24, 2.45) is 5.92 Å². The Kier molecular flexibility index (Phi) is 6.33. The van der Waals surface area contributed by atoms with Crippen LogP contribution in [0.3, 0.4) is 0 Å². The second-order valence-corrected chi connectivity index (χ2v) is 8.03. The van der Waals surface area contributed by atoms with Crippen molar-refractivity contribution < 1.29 is 14.3 Å². The van der Waals surface area contributed by atoms with Crippen LogP contribution in [0.5, 0.6) is 0 Å². The van der Waals surface area contributed by atoms with Gasteiger partial charge in [-0.25, -0.2) is 4.79 Å². The number of likely N-dealkylation sites (tertiary alicyclic amines) is 1. The molecule has 2 rings (SSSR count). The molecule has 1 aromatic carbocycles. The summed E-state index contributed by atoms with van der Waals surface area (Å²) in [6.45, 7) is 7.08. The molecule has 6 heteroatoms. The van der Waals surface area contributed by atoms with Gasteiger partial charge in [0.05, 0.1) is 5.92 Å². The van der Waals surface area contributed by atoms with Crippen molar-refractivity contribution in [3.05, 3.63) is 34.9 Å². The summed E-state index contributed by atoms with van der Waals surface area (Å²) in [7, 11) is 1.79. The second-order valence-electron chi connectivity index (χ2n) is 7.59. The molecular formula is C19H27ClN2O3. The number of halogens is 1. The van der Waals surface area contributed by atoms with Gasteiger partial charge in [-0.1, -0.05) is 23.7 Å². The first kappa shape index (κ1) is 19.6. The van der Waals surface area contributed by atoms with E-state index in [0.29, 0.717) is 24.7 Å². The van der Waals surface area contributed by atoms with Crippen molar-refractivity contribution in [3.8, 4) is 0 Å². The van der Waals surface area contributed by atoms with E-state index in [2.05, 4.69) is 0 Å². The molecule has 0 N–H and O–H groups in total. The highest BCUT2D eigenvalue weighted by Gasteiger charge is 2.32. The number of piperidine rings is 1. The van der Waals surface area contributed by atoms with Crippen LogP contribution >= 0.6 is 11.6 Å². The molecule has 0 aliphatic carbocycles. The summed E-state index contributed by atoms with van der Waals surface area (Å²) in [5.41, 5.74) is 0.459. The van der Waals surface area contributed by atoms with Crippen LogP contribution < -0.4 is 0 Å². The Hall–Kier alpha value is -1.75. The molecule has 1 atom stereocenters. The Labute approximate surface area is 154 Å². The first-order chi connectivity index (χ1) is 11.7. The number of carbonyl (C=O) groups excluding carboxylic acids is 2. The van der Waals surface area contributed by atoms with Crippen molar-refractivity contribution in [2.45, 2.75) is 45.8 Å². The molecule has 1 aliphatic rings. The summed E-state index contributed by atoms with van der Waals surface area (Å²) in [6, 6.07) is 7.50. The topological polar surface area (TPSA) is 49.9 Å². The van der Waals surface area contributed by atoms with Gasteiger partial charge in [0.15, 0.2) is 0 Å². The minimum Gasteiger partial charge on any atom is -0.444 e. The normalized spacial score (nSPS) is 18.0. The number of nitrogens with zero attached hydrogens (tertiary/aromatic N) is 2. The number of benzene rings is 1. The van der Waals surface area contributed by atoms with Crippen molar-refractivity contribution in [2.75, 3.05) is 20.1 Å². The van der Waals surface area contributed by atoms with Crippen LogP contribution in [-0.4, -0.2) is 47.5 Å². The fourth-order valence-corrected chi connectivity index (χ4v) is 3.18. The molecule has 1 fully saturated rings. The van der Waals surface area contributed by atoms with E-state index in [1.807, 2.05) is 45.0 Å². The fraction of sp³-hybridized carbons (Fsp3) is 0.579. The largest absolute Gasteiger partial charge is 0.444 e. The standard InChI is InChI=1S/C19H27ClN2O3/c1-19(2,3)25-18(24)22-10-6-8-15(13-22)17(23)21(4)12-14-7-5-9-16(20)11-14/h5,7,9,11,15H,6,8,10,12-13H2,1-4H3. The van der Waals surface area contributed by atoms with E-state index in [4.69, 9.17) is 16.3 Å².